The summed E-state index contributed by atoms with van der Waals surface area (Å²) in [5.41, 5.74) is 0. The zero-order valence-corrected chi connectivity index (χ0v) is 11.1. The van der Waals surface area contributed by atoms with E-state index in [2.05, 4.69) is 25.7 Å². The van der Waals surface area contributed by atoms with Crippen molar-refractivity contribution in [1.82, 2.24) is 0 Å². The summed E-state index contributed by atoms with van der Waals surface area (Å²) in [6, 6.07) is 0. The second-order valence-corrected chi connectivity index (χ2v) is 4.35. The fraction of sp³-hybridized carbons (Fsp3) is 0.857. The van der Waals surface area contributed by atoms with Crippen molar-refractivity contribution in [2.24, 2.45) is 0 Å². The molecule has 0 amide bonds. The van der Waals surface area contributed by atoms with E-state index in [4.69, 9.17) is 4.74 Å². The van der Waals surface area contributed by atoms with E-state index in [-0.39, 0.29) is 18.3 Å². The zero-order chi connectivity index (χ0) is 12.4. The maximum Gasteiger partial charge on any atom is 0.118 e. The monoisotopic (exact) mass is 226 g/mol. The number of hydrogen-bond donors (Lipinski definition) is 1. The molecule has 0 unspecified atom stereocenters. The van der Waals surface area contributed by atoms with Crippen LogP contribution in [0.3, 0.4) is 0 Å². The van der Waals surface area contributed by atoms with Gasteiger partial charge in [0.25, 0.3) is 0 Å². The molecule has 0 aromatic heterocycles. The summed E-state index contributed by atoms with van der Waals surface area (Å²) in [5, 5.41) is 9.24. The molecule has 0 saturated carbocycles. The lowest BCUT2D eigenvalue weighted by Crippen LogP contribution is -2.21. The molecule has 0 aromatic carbocycles. The first kappa shape index (κ1) is 15.5. The van der Waals surface area contributed by atoms with Crippen LogP contribution in [-0.4, -0.2) is 23.4 Å². The Hall–Kier alpha value is -0.520. The summed E-state index contributed by atoms with van der Waals surface area (Å²) in [4.78, 5) is 0. The van der Waals surface area contributed by atoms with E-state index in [0.29, 0.717) is 6.42 Å². The lowest BCUT2D eigenvalue weighted by Gasteiger charge is -2.18. The molecular weight excluding hydrogens is 200 g/mol. The standard InChI is InChI=1S/C14H26O2/c1-5-7-8-9-10-14(6-2)16-13(4)11-12(3)15/h12-15H,5-8,11H2,1-4H3/t12-,13-,14+/m1/s1. The topological polar surface area (TPSA) is 29.5 Å². The van der Waals surface area contributed by atoms with E-state index in [1.54, 1.807) is 6.92 Å². The molecule has 0 saturated heterocycles. The first-order chi connectivity index (χ1) is 7.60. The smallest absolute Gasteiger partial charge is 0.118 e. The summed E-state index contributed by atoms with van der Waals surface area (Å²) < 4.78 is 5.76. The third kappa shape index (κ3) is 8.76. The second kappa shape index (κ2) is 9.69. The van der Waals surface area contributed by atoms with Crippen molar-refractivity contribution >= 4 is 0 Å². The Balaban J connectivity index is 3.92. The maximum absolute atomic E-state index is 9.24. The molecule has 0 bridgehead atoms. The molecule has 2 heteroatoms. The minimum absolute atomic E-state index is 0.0191. The number of unbranched alkanes of at least 4 members (excludes halogenated alkanes) is 2. The molecule has 0 spiro atoms. The first-order valence-electron chi connectivity index (χ1n) is 6.42. The zero-order valence-electron chi connectivity index (χ0n) is 11.1. The minimum Gasteiger partial charge on any atom is -0.393 e. The number of ether oxygens (including phenoxy) is 1. The van der Waals surface area contributed by atoms with E-state index in [9.17, 15) is 5.11 Å². The molecule has 0 fully saturated rings. The summed E-state index contributed by atoms with van der Waals surface area (Å²) in [6.45, 7) is 8.02. The molecule has 1 N–H and O–H groups in total. The number of hydrogen-bond acceptors (Lipinski definition) is 2. The average Bonchev–Trinajstić information content (AvgIpc) is 2.21. The van der Waals surface area contributed by atoms with Gasteiger partial charge in [0.05, 0.1) is 12.2 Å². The van der Waals surface area contributed by atoms with Gasteiger partial charge in [-0.15, -0.1) is 5.92 Å². The van der Waals surface area contributed by atoms with Gasteiger partial charge < -0.3 is 9.84 Å². The highest BCUT2D eigenvalue weighted by atomic mass is 16.5. The quantitative estimate of drug-likeness (QED) is 0.534. The minimum atomic E-state index is -0.305. The van der Waals surface area contributed by atoms with Crippen LogP contribution in [0.5, 0.6) is 0 Å². The van der Waals surface area contributed by atoms with Crippen LogP contribution in [-0.2, 0) is 4.74 Å². The van der Waals surface area contributed by atoms with Gasteiger partial charge in [-0.1, -0.05) is 26.2 Å². The van der Waals surface area contributed by atoms with Crippen LogP contribution in [0.1, 0.15) is 59.8 Å². The largest absolute Gasteiger partial charge is 0.393 e. The Morgan fingerprint density at radius 3 is 2.44 bits per heavy atom. The molecule has 94 valence electrons. The molecule has 0 aliphatic carbocycles. The van der Waals surface area contributed by atoms with Crippen molar-refractivity contribution in [2.75, 3.05) is 0 Å². The summed E-state index contributed by atoms with van der Waals surface area (Å²) in [6.07, 6.45) is 4.67. The van der Waals surface area contributed by atoms with Gasteiger partial charge in [-0.3, -0.25) is 0 Å². The summed E-state index contributed by atoms with van der Waals surface area (Å²) in [7, 11) is 0. The maximum atomic E-state index is 9.24. The summed E-state index contributed by atoms with van der Waals surface area (Å²) in [5.74, 6) is 6.31. The predicted octanol–water partition coefficient (Wildman–Crippen LogP) is 3.13. The van der Waals surface area contributed by atoms with Gasteiger partial charge in [0.15, 0.2) is 0 Å². The predicted molar refractivity (Wildman–Crippen MR) is 68.2 cm³/mol. The Kier molecular flexibility index (Phi) is 9.37. The highest BCUT2D eigenvalue weighted by Gasteiger charge is 2.11. The van der Waals surface area contributed by atoms with Crippen LogP contribution in [0.15, 0.2) is 0 Å². The van der Waals surface area contributed by atoms with Crippen molar-refractivity contribution in [3.05, 3.63) is 0 Å². The van der Waals surface area contributed by atoms with E-state index in [1.165, 1.54) is 6.42 Å². The van der Waals surface area contributed by atoms with E-state index < -0.39 is 0 Å². The van der Waals surface area contributed by atoms with Gasteiger partial charge in [-0.2, -0.15) is 0 Å². The van der Waals surface area contributed by atoms with Crippen molar-refractivity contribution in [3.63, 3.8) is 0 Å². The van der Waals surface area contributed by atoms with Crippen LogP contribution in [0.25, 0.3) is 0 Å². The van der Waals surface area contributed by atoms with Gasteiger partial charge in [0.1, 0.15) is 6.10 Å². The van der Waals surface area contributed by atoms with Crippen LogP contribution in [0.4, 0.5) is 0 Å². The molecule has 3 atom stereocenters. The average molecular weight is 226 g/mol. The lowest BCUT2D eigenvalue weighted by molar-refractivity contribution is 0.000317. The Morgan fingerprint density at radius 1 is 1.25 bits per heavy atom. The number of aliphatic hydroxyl groups is 1. The Bertz CT molecular complexity index is 213. The fourth-order valence-electron chi connectivity index (χ4n) is 1.50. The Morgan fingerprint density at radius 2 is 1.94 bits per heavy atom. The van der Waals surface area contributed by atoms with Crippen LogP contribution in [0, 0.1) is 11.8 Å². The molecule has 2 nitrogen and oxygen atoms in total. The fourth-order valence-corrected chi connectivity index (χ4v) is 1.50. The molecule has 0 aliphatic rings. The van der Waals surface area contributed by atoms with Crippen molar-refractivity contribution in [2.45, 2.75) is 78.1 Å². The Labute approximate surface area is 100 Å². The van der Waals surface area contributed by atoms with Crippen LogP contribution < -0.4 is 0 Å². The van der Waals surface area contributed by atoms with Gasteiger partial charge in [0, 0.05) is 6.42 Å². The van der Waals surface area contributed by atoms with Crippen LogP contribution >= 0.6 is 0 Å². The highest BCUT2D eigenvalue weighted by molar-refractivity contribution is 5.04. The van der Waals surface area contributed by atoms with E-state index >= 15 is 0 Å². The van der Waals surface area contributed by atoms with E-state index in [0.717, 1.165) is 19.3 Å². The van der Waals surface area contributed by atoms with Gasteiger partial charge in [0.2, 0.25) is 0 Å². The summed E-state index contributed by atoms with van der Waals surface area (Å²) >= 11 is 0. The van der Waals surface area contributed by atoms with Gasteiger partial charge >= 0.3 is 0 Å². The molecule has 16 heavy (non-hydrogen) atoms. The third-order valence-electron chi connectivity index (χ3n) is 2.36. The SMILES string of the molecule is CCCCC#C[C@H](CC)O[C@H](C)C[C@@H](C)O. The van der Waals surface area contributed by atoms with Gasteiger partial charge in [-0.05, 0) is 33.1 Å². The van der Waals surface area contributed by atoms with Crippen molar-refractivity contribution in [1.29, 1.82) is 0 Å². The molecular formula is C14H26O2. The molecule has 0 radical (unpaired) electrons. The third-order valence-corrected chi connectivity index (χ3v) is 2.36. The normalized spacial score (nSPS) is 16.1. The second-order valence-electron chi connectivity index (χ2n) is 4.35. The van der Waals surface area contributed by atoms with E-state index in [1.807, 2.05) is 6.92 Å². The number of aliphatic hydroxyl groups excluding tert-OH is 1. The molecule has 0 aromatic rings. The van der Waals surface area contributed by atoms with Crippen molar-refractivity contribution < 1.29 is 9.84 Å². The lowest BCUT2D eigenvalue weighted by atomic mass is 10.2. The first-order valence-corrected chi connectivity index (χ1v) is 6.42. The van der Waals surface area contributed by atoms with Crippen LogP contribution in [0.2, 0.25) is 0 Å². The molecule has 0 heterocycles. The highest BCUT2D eigenvalue weighted by Crippen LogP contribution is 2.07. The molecule has 0 aliphatic heterocycles. The molecule has 0 rings (SSSR count). The van der Waals surface area contributed by atoms with Gasteiger partial charge in [-0.25, -0.2) is 0 Å². The number of rotatable bonds is 7. The van der Waals surface area contributed by atoms with Crippen molar-refractivity contribution in [3.8, 4) is 11.8 Å².